The van der Waals surface area contributed by atoms with Crippen LogP contribution in [0.2, 0.25) is 0 Å². The van der Waals surface area contributed by atoms with Gasteiger partial charge in [-0.15, -0.1) is 0 Å². The van der Waals surface area contributed by atoms with Gasteiger partial charge in [0.2, 0.25) is 5.91 Å². The van der Waals surface area contributed by atoms with Gasteiger partial charge in [0.1, 0.15) is 5.75 Å². The van der Waals surface area contributed by atoms with E-state index in [1.54, 1.807) is 23.0 Å². The Balaban J connectivity index is 1.84. The van der Waals surface area contributed by atoms with Crippen LogP contribution in [-0.2, 0) is 18.3 Å². The van der Waals surface area contributed by atoms with Gasteiger partial charge in [-0.2, -0.15) is 5.10 Å². The fourth-order valence-electron chi connectivity index (χ4n) is 1.98. The molecule has 1 aromatic heterocycles. The third-order valence-electron chi connectivity index (χ3n) is 3.02. The maximum atomic E-state index is 11.9. The predicted molar refractivity (Wildman–Crippen MR) is 82.2 cm³/mol. The molecule has 2 aromatic rings. The first-order chi connectivity index (χ1) is 10.1. The Morgan fingerprint density at radius 2 is 2.19 bits per heavy atom. The van der Waals surface area contributed by atoms with Gasteiger partial charge in [-0.25, -0.2) is 0 Å². The van der Waals surface area contributed by atoms with Crippen molar-refractivity contribution in [1.82, 2.24) is 9.78 Å². The highest BCUT2D eigenvalue weighted by molar-refractivity contribution is 5.91. The van der Waals surface area contributed by atoms with Gasteiger partial charge in [0.25, 0.3) is 0 Å². The van der Waals surface area contributed by atoms with Crippen molar-refractivity contribution < 1.29 is 9.53 Å². The summed E-state index contributed by atoms with van der Waals surface area (Å²) in [6, 6.07) is 7.22. The SMILES string of the molecule is CCc1nn(C)cc1NC(=O)CCOc1ccccc1N. The van der Waals surface area contributed by atoms with Crippen molar-refractivity contribution in [3.63, 3.8) is 0 Å². The smallest absolute Gasteiger partial charge is 0.227 e. The minimum Gasteiger partial charge on any atom is -0.491 e. The number of anilines is 2. The number of aryl methyl sites for hydroxylation is 2. The molecule has 6 nitrogen and oxygen atoms in total. The van der Waals surface area contributed by atoms with E-state index >= 15 is 0 Å². The minimum atomic E-state index is -0.104. The van der Waals surface area contributed by atoms with Gasteiger partial charge in [-0.3, -0.25) is 9.48 Å². The minimum absolute atomic E-state index is 0.104. The first-order valence-electron chi connectivity index (χ1n) is 6.89. The van der Waals surface area contributed by atoms with E-state index in [9.17, 15) is 4.79 Å². The maximum absolute atomic E-state index is 11.9. The number of amides is 1. The van der Waals surface area contributed by atoms with E-state index in [1.165, 1.54) is 0 Å². The molecule has 112 valence electrons. The van der Waals surface area contributed by atoms with E-state index in [2.05, 4.69) is 10.4 Å². The topological polar surface area (TPSA) is 82.2 Å². The lowest BCUT2D eigenvalue weighted by Gasteiger charge is -2.08. The van der Waals surface area contributed by atoms with Crippen molar-refractivity contribution in [3.8, 4) is 5.75 Å². The first kappa shape index (κ1) is 14.9. The van der Waals surface area contributed by atoms with Crippen LogP contribution in [0.4, 0.5) is 11.4 Å². The van der Waals surface area contributed by atoms with Gasteiger partial charge >= 0.3 is 0 Å². The summed E-state index contributed by atoms with van der Waals surface area (Å²) in [7, 11) is 1.83. The van der Waals surface area contributed by atoms with Crippen LogP contribution in [0.1, 0.15) is 19.0 Å². The summed E-state index contributed by atoms with van der Waals surface area (Å²) in [5.74, 6) is 0.494. The normalized spacial score (nSPS) is 10.4. The summed E-state index contributed by atoms with van der Waals surface area (Å²) in [6.07, 6.45) is 2.83. The van der Waals surface area contributed by atoms with Crippen molar-refractivity contribution in [3.05, 3.63) is 36.2 Å². The molecule has 0 radical (unpaired) electrons. The Labute approximate surface area is 123 Å². The van der Waals surface area contributed by atoms with Crippen molar-refractivity contribution in [2.45, 2.75) is 19.8 Å². The molecule has 1 amide bonds. The molecule has 6 heteroatoms. The fraction of sp³-hybridized carbons (Fsp3) is 0.333. The number of rotatable bonds is 6. The first-order valence-corrected chi connectivity index (χ1v) is 6.89. The summed E-state index contributed by atoms with van der Waals surface area (Å²) >= 11 is 0. The number of ether oxygens (including phenoxy) is 1. The summed E-state index contributed by atoms with van der Waals surface area (Å²) in [5.41, 5.74) is 7.96. The maximum Gasteiger partial charge on any atom is 0.227 e. The van der Waals surface area contributed by atoms with Crippen LogP contribution < -0.4 is 15.8 Å². The molecule has 21 heavy (non-hydrogen) atoms. The third kappa shape index (κ3) is 3.98. The zero-order chi connectivity index (χ0) is 15.2. The van der Waals surface area contributed by atoms with Gasteiger partial charge in [0, 0.05) is 13.2 Å². The van der Waals surface area contributed by atoms with Crippen molar-refractivity contribution in [1.29, 1.82) is 0 Å². The Kier molecular flexibility index (Phi) is 4.81. The van der Waals surface area contributed by atoms with Crippen molar-refractivity contribution >= 4 is 17.3 Å². The number of aromatic nitrogens is 2. The predicted octanol–water partition coefficient (Wildman–Crippen LogP) is 1.97. The lowest BCUT2D eigenvalue weighted by atomic mass is 10.3. The molecule has 1 heterocycles. The van der Waals surface area contributed by atoms with E-state index in [1.807, 2.05) is 26.1 Å². The van der Waals surface area contributed by atoms with Gasteiger partial charge in [-0.1, -0.05) is 19.1 Å². The van der Waals surface area contributed by atoms with Crippen LogP contribution in [-0.4, -0.2) is 22.3 Å². The number of nitrogen functional groups attached to an aromatic ring is 1. The molecule has 0 aliphatic rings. The lowest BCUT2D eigenvalue weighted by molar-refractivity contribution is -0.116. The largest absolute Gasteiger partial charge is 0.491 e. The summed E-state index contributed by atoms with van der Waals surface area (Å²) in [5, 5.41) is 7.13. The van der Waals surface area contributed by atoms with Gasteiger partial charge < -0.3 is 15.8 Å². The van der Waals surface area contributed by atoms with E-state index in [0.717, 1.165) is 17.8 Å². The number of nitrogens with one attached hydrogen (secondary N) is 1. The Morgan fingerprint density at radius 1 is 1.43 bits per heavy atom. The van der Waals surface area contributed by atoms with E-state index in [4.69, 9.17) is 10.5 Å². The third-order valence-corrected chi connectivity index (χ3v) is 3.02. The number of nitrogens with two attached hydrogens (primary N) is 1. The van der Waals surface area contributed by atoms with Crippen molar-refractivity contribution in [2.24, 2.45) is 7.05 Å². The summed E-state index contributed by atoms with van der Waals surface area (Å²) in [4.78, 5) is 11.9. The Morgan fingerprint density at radius 3 is 2.90 bits per heavy atom. The van der Waals surface area contributed by atoms with Gasteiger partial charge in [0.05, 0.1) is 30.1 Å². The number of benzene rings is 1. The molecule has 0 unspecified atom stereocenters. The lowest BCUT2D eigenvalue weighted by Crippen LogP contribution is -2.16. The zero-order valence-corrected chi connectivity index (χ0v) is 12.3. The highest BCUT2D eigenvalue weighted by Gasteiger charge is 2.10. The van der Waals surface area contributed by atoms with E-state index in [0.29, 0.717) is 11.4 Å². The second-order valence-corrected chi connectivity index (χ2v) is 4.70. The monoisotopic (exact) mass is 288 g/mol. The molecule has 0 saturated carbocycles. The molecule has 0 aliphatic carbocycles. The van der Waals surface area contributed by atoms with E-state index in [-0.39, 0.29) is 18.9 Å². The second kappa shape index (κ2) is 6.78. The summed E-state index contributed by atoms with van der Waals surface area (Å²) in [6.45, 7) is 2.28. The van der Waals surface area contributed by atoms with E-state index < -0.39 is 0 Å². The fourth-order valence-corrected chi connectivity index (χ4v) is 1.98. The zero-order valence-electron chi connectivity index (χ0n) is 12.3. The van der Waals surface area contributed by atoms with Crippen LogP contribution in [0.25, 0.3) is 0 Å². The molecular formula is C15H20N4O2. The molecule has 0 atom stereocenters. The van der Waals surface area contributed by atoms with Crippen LogP contribution in [0.15, 0.2) is 30.5 Å². The molecule has 0 spiro atoms. The molecule has 0 aliphatic heterocycles. The number of carbonyl (C=O) groups excluding carboxylic acids is 1. The highest BCUT2D eigenvalue weighted by Crippen LogP contribution is 2.20. The number of carbonyl (C=O) groups is 1. The highest BCUT2D eigenvalue weighted by atomic mass is 16.5. The Bertz CT molecular complexity index is 622. The molecule has 0 fully saturated rings. The number of hydrogen-bond acceptors (Lipinski definition) is 4. The standard InChI is InChI=1S/C15H20N4O2/c1-3-12-13(10-19(2)18-12)17-15(20)8-9-21-14-7-5-4-6-11(14)16/h4-7,10H,3,8-9,16H2,1-2H3,(H,17,20). The molecule has 0 saturated heterocycles. The van der Waals surface area contributed by atoms with Gasteiger partial charge in [-0.05, 0) is 18.6 Å². The number of para-hydroxylation sites is 2. The van der Waals surface area contributed by atoms with Gasteiger partial charge in [0.15, 0.2) is 0 Å². The molecule has 3 N–H and O–H groups in total. The summed E-state index contributed by atoms with van der Waals surface area (Å²) < 4.78 is 7.19. The number of nitrogens with zero attached hydrogens (tertiary/aromatic N) is 2. The van der Waals surface area contributed by atoms with Crippen molar-refractivity contribution in [2.75, 3.05) is 17.7 Å². The Hall–Kier alpha value is -2.50. The van der Waals surface area contributed by atoms with Crippen LogP contribution >= 0.6 is 0 Å². The molecule has 1 aromatic carbocycles. The quantitative estimate of drug-likeness (QED) is 0.796. The molecular weight excluding hydrogens is 268 g/mol. The average Bonchev–Trinajstić information content (AvgIpc) is 2.81. The average molecular weight is 288 g/mol. The van der Waals surface area contributed by atoms with Crippen LogP contribution in [0, 0.1) is 0 Å². The second-order valence-electron chi connectivity index (χ2n) is 4.70. The molecule has 0 bridgehead atoms. The molecule has 2 rings (SSSR count). The number of hydrogen-bond donors (Lipinski definition) is 2. The van der Waals surface area contributed by atoms with Crippen LogP contribution in [0.3, 0.4) is 0 Å². The van der Waals surface area contributed by atoms with Crippen LogP contribution in [0.5, 0.6) is 5.75 Å².